The van der Waals surface area contributed by atoms with Crippen molar-refractivity contribution in [3.63, 3.8) is 0 Å². The Kier molecular flexibility index (Phi) is 12.5. The van der Waals surface area contributed by atoms with Crippen LogP contribution in [0.4, 0.5) is 0 Å². The molecule has 0 aliphatic heterocycles. The molecule has 6 N–H and O–H groups in total. The number of aromatic hydroxyl groups is 3. The second-order valence-electron chi connectivity index (χ2n) is 5.47. The van der Waals surface area contributed by atoms with Crippen LogP contribution in [0.5, 0.6) is 17.2 Å². The summed E-state index contributed by atoms with van der Waals surface area (Å²) in [6.45, 7) is 0. The Balaban J connectivity index is 0.000000429. The smallest absolute Gasteiger partial charge is 0.339 e. The van der Waals surface area contributed by atoms with Gasteiger partial charge in [0.25, 0.3) is 0 Å². The first-order valence-electron chi connectivity index (χ1n) is 8.19. The first kappa shape index (κ1) is 27.8. The average molecular weight is 554 g/mol. The molecular formula is C21H18CeO9. The molecule has 10 heteroatoms. The van der Waals surface area contributed by atoms with Gasteiger partial charge in [0.15, 0.2) is 0 Å². The van der Waals surface area contributed by atoms with E-state index in [2.05, 4.69) is 0 Å². The minimum Gasteiger partial charge on any atom is -0.507 e. The third kappa shape index (κ3) is 9.46. The van der Waals surface area contributed by atoms with Crippen LogP contribution >= 0.6 is 0 Å². The predicted octanol–water partition coefficient (Wildman–Crippen LogP) is 3.27. The maximum absolute atomic E-state index is 10.3. The van der Waals surface area contributed by atoms with Crippen LogP contribution in [0.1, 0.15) is 31.1 Å². The number of phenols is 3. The molecule has 160 valence electrons. The van der Waals surface area contributed by atoms with Crippen molar-refractivity contribution in [3.8, 4) is 17.2 Å². The SMILES string of the molecule is O=C(O)c1ccccc1O.O=C(O)c1ccccc1O.O=C(O)c1ccccc1O.[Ce]. The van der Waals surface area contributed by atoms with Gasteiger partial charge in [-0.3, -0.25) is 0 Å². The predicted molar refractivity (Wildman–Crippen MR) is 105 cm³/mol. The molecule has 0 bridgehead atoms. The molecule has 0 saturated heterocycles. The van der Waals surface area contributed by atoms with E-state index >= 15 is 0 Å². The van der Waals surface area contributed by atoms with E-state index in [1.54, 1.807) is 36.4 Å². The van der Waals surface area contributed by atoms with Gasteiger partial charge in [0.2, 0.25) is 0 Å². The van der Waals surface area contributed by atoms with Gasteiger partial charge < -0.3 is 30.6 Å². The van der Waals surface area contributed by atoms with Crippen molar-refractivity contribution < 1.29 is 86.8 Å². The first-order valence-corrected chi connectivity index (χ1v) is 8.19. The summed E-state index contributed by atoms with van der Waals surface area (Å²) < 4.78 is 0. The van der Waals surface area contributed by atoms with Gasteiger partial charge in [-0.15, -0.1) is 0 Å². The number of aromatic carboxylic acids is 3. The molecule has 3 rings (SSSR count). The Morgan fingerprint density at radius 1 is 0.452 bits per heavy atom. The number of carboxylic acid groups (broad SMARTS) is 3. The minimum atomic E-state index is -1.11. The Hall–Kier alpha value is -3.15. The van der Waals surface area contributed by atoms with E-state index in [-0.39, 0.29) is 75.7 Å². The van der Waals surface area contributed by atoms with Crippen molar-refractivity contribution in [3.05, 3.63) is 89.5 Å². The van der Waals surface area contributed by atoms with Gasteiger partial charge in [0.1, 0.15) is 33.9 Å². The second-order valence-corrected chi connectivity index (χ2v) is 5.47. The molecule has 0 aliphatic rings. The van der Waals surface area contributed by atoms with Crippen molar-refractivity contribution >= 4 is 17.9 Å². The third-order valence-electron chi connectivity index (χ3n) is 3.40. The van der Waals surface area contributed by atoms with Gasteiger partial charge >= 0.3 is 17.9 Å². The summed E-state index contributed by atoms with van der Waals surface area (Å²) >= 11 is 0. The molecule has 9 nitrogen and oxygen atoms in total. The van der Waals surface area contributed by atoms with E-state index in [9.17, 15) is 14.4 Å². The summed E-state index contributed by atoms with van der Waals surface area (Å²) in [5.41, 5.74) is -0.201. The number of benzene rings is 3. The molecule has 31 heavy (non-hydrogen) atoms. The Labute approximate surface area is 210 Å². The van der Waals surface area contributed by atoms with Gasteiger partial charge in [-0.1, -0.05) is 36.4 Å². The molecule has 0 unspecified atom stereocenters. The van der Waals surface area contributed by atoms with Crippen LogP contribution in [-0.4, -0.2) is 48.5 Å². The van der Waals surface area contributed by atoms with Crippen molar-refractivity contribution in [2.75, 3.05) is 0 Å². The van der Waals surface area contributed by atoms with Crippen LogP contribution in [-0.2, 0) is 0 Å². The van der Waals surface area contributed by atoms with Crippen LogP contribution < -0.4 is 0 Å². The maximum atomic E-state index is 10.3. The molecule has 0 atom stereocenters. The topological polar surface area (TPSA) is 173 Å². The first-order chi connectivity index (χ1) is 14.1. The van der Waals surface area contributed by atoms with Crippen molar-refractivity contribution in [1.82, 2.24) is 0 Å². The van der Waals surface area contributed by atoms with E-state index in [1.807, 2.05) is 0 Å². The monoisotopic (exact) mass is 554 g/mol. The zero-order valence-electron chi connectivity index (χ0n) is 15.8. The summed E-state index contributed by atoms with van der Waals surface area (Å²) in [5.74, 6) is -3.94. The largest absolute Gasteiger partial charge is 0.507 e. The zero-order chi connectivity index (χ0) is 22.7. The summed E-state index contributed by atoms with van der Waals surface area (Å²) in [7, 11) is 0. The molecule has 0 fully saturated rings. The normalized spacial score (nSPS) is 8.90. The summed E-state index contributed by atoms with van der Waals surface area (Å²) in [4.78, 5) is 30.8. The fourth-order valence-electron chi connectivity index (χ4n) is 1.96. The van der Waals surface area contributed by atoms with Crippen LogP contribution in [0, 0.1) is 41.7 Å². The van der Waals surface area contributed by atoms with Crippen LogP contribution in [0.2, 0.25) is 0 Å². The molecule has 3 aromatic rings. The Bertz CT molecular complexity index is 903. The van der Waals surface area contributed by atoms with E-state index in [0.717, 1.165) is 0 Å². The van der Waals surface area contributed by atoms with E-state index in [0.29, 0.717) is 0 Å². The van der Waals surface area contributed by atoms with Crippen LogP contribution in [0.15, 0.2) is 72.8 Å². The number of carboxylic acids is 3. The molecule has 0 radical (unpaired) electrons. The number of carbonyl (C=O) groups is 3. The van der Waals surface area contributed by atoms with Gasteiger partial charge in [0, 0.05) is 41.7 Å². The molecule has 0 aliphatic carbocycles. The standard InChI is InChI=1S/3C7H6O3.Ce/c3*8-6-4-2-1-3-5(6)7(9)10;/h3*1-4,8H,(H,9,10);. The fraction of sp³-hybridized carbons (Fsp3) is 0. The van der Waals surface area contributed by atoms with E-state index in [1.165, 1.54) is 36.4 Å². The molecule has 0 heterocycles. The average Bonchev–Trinajstić information content (AvgIpc) is 2.69. The number of hydrogen-bond acceptors (Lipinski definition) is 6. The van der Waals surface area contributed by atoms with Crippen molar-refractivity contribution in [2.24, 2.45) is 0 Å². The molecule has 3 aromatic carbocycles. The molecule has 0 saturated carbocycles. The summed E-state index contributed by atoms with van der Waals surface area (Å²) in [6.07, 6.45) is 0. The van der Waals surface area contributed by atoms with Gasteiger partial charge in [-0.05, 0) is 36.4 Å². The number of hydrogen-bond donors (Lipinski definition) is 6. The molecule has 0 spiro atoms. The summed E-state index contributed by atoms with van der Waals surface area (Å²) in [6, 6.07) is 17.4. The van der Waals surface area contributed by atoms with Crippen LogP contribution in [0.3, 0.4) is 0 Å². The van der Waals surface area contributed by atoms with Crippen molar-refractivity contribution in [2.45, 2.75) is 0 Å². The fourth-order valence-corrected chi connectivity index (χ4v) is 1.96. The van der Waals surface area contributed by atoms with Gasteiger partial charge in [-0.2, -0.15) is 0 Å². The number of para-hydroxylation sites is 3. The zero-order valence-corrected chi connectivity index (χ0v) is 19.0. The van der Waals surface area contributed by atoms with Gasteiger partial charge in [-0.25, -0.2) is 14.4 Å². The number of rotatable bonds is 3. The van der Waals surface area contributed by atoms with E-state index < -0.39 is 17.9 Å². The minimum absolute atomic E-state index is 0. The molecule has 0 aromatic heterocycles. The van der Waals surface area contributed by atoms with E-state index in [4.69, 9.17) is 30.6 Å². The maximum Gasteiger partial charge on any atom is 0.339 e. The van der Waals surface area contributed by atoms with Crippen molar-refractivity contribution in [1.29, 1.82) is 0 Å². The van der Waals surface area contributed by atoms with Gasteiger partial charge in [0.05, 0.1) is 0 Å². The quantitative estimate of drug-likeness (QED) is 0.284. The molecule has 0 amide bonds. The Morgan fingerprint density at radius 3 is 0.774 bits per heavy atom. The third-order valence-corrected chi connectivity index (χ3v) is 3.40. The Morgan fingerprint density at radius 2 is 0.645 bits per heavy atom. The summed E-state index contributed by atoms with van der Waals surface area (Å²) in [5, 5.41) is 51.9. The second kappa shape index (κ2) is 14.0. The molecular weight excluding hydrogens is 536 g/mol. The van der Waals surface area contributed by atoms with Crippen LogP contribution in [0.25, 0.3) is 0 Å².